The summed E-state index contributed by atoms with van der Waals surface area (Å²) >= 11 is 0. The molecule has 5 rings (SSSR count). The first-order valence-electron chi connectivity index (χ1n) is 11.0. The van der Waals surface area contributed by atoms with Gasteiger partial charge in [0.1, 0.15) is 5.84 Å². The van der Waals surface area contributed by atoms with E-state index in [1.165, 1.54) is 28.2 Å². The van der Waals surface area contributed by atoms with Crippen molar-refractivity contribution in [3.8, 4) is 0 Å². The van der Waals surface area contributed by atoms with E-state index in [2.05, 4.69) is 95.6 Å². The van der Waals surface area contributed by atoms with Gasteiger partial charge < -0.3 is 10.6 Å². The lowest BCUT2D eigenvalue weighted by Gasteiger charge is -2.43. The molecule has 0 radical (unpaired) electrons. The van der Waals surface area contributed by atoms with Crippen LogP contribution in [0.15, 0.2) is 89.9 Å². The number of nitrogens with one attached hydrogen (secondary N) is 2. The van der Waals surface area contributed by atoms with Gasteiger partial charge in [0.05, 0.1) is 6.54 Å². The van der Waals surface area contributed by atoms with Crippen molar-refractivity contribution in [3.05, 3.63) is 102 Å². The molecule has 0 saturated carbocycles. The van der Waals surface area contributed by atoms with Crippen LogP contribution in [0, 0.1) is 5.41 Å². The molecule has 3 heteroatoms. The maximum Gasteiger partial charge on any atom is 0.107 e. The van der Waals surface area contributed by atoms with Crippen LogP contribution in [0.2, 0.25) is 0 Å². The smallest absolute Gasteiger partial charge is 0.107 e. The predicted octanol–water partition coefficient (Wildman–Crippen LogP) is 5.26. The molecular formula is C27H29N3. The second kappa shape index (κ2) is 8.45. The molecular weight excluding hydrogens is 366 g/mol. The molecule has 0 bridgehead atoms. The molecule has 0 aliphatic carbocycles. The van der Waals surface area contributed by atoms with Gasteiger partial charge in [-0.1, -0.05) is 78.9 Å². The van der Waals surface area contributed by atoms with E-state index in [0.29, 0.717) is 0 Å². The maximum atomic E-state index is 5.29. The molecule has 3 aromatic carbocycles. The average molecular weight is 396 g/mol. The number of benzene rings is 3. The third kappa shape index (κ3) is 3.78. The quantitative estimate of drug-likeness (QED) is 0.633. The fourth-order valence-corrected chi connectivity index (χ4v) is 4.99. The molecule has 30 heavy (non-hydrogen) atoms. The second-order valence-electron chi connectivity index (χ2n) is 8.55. The molecule has 2 heterocycles. The van der Waals surface area contributed by atoms with E-state index in [1.54, 1.807) is 0 Å². The van der Waals surface area contributed by atoms with Crippen molar-refractivity contribution in [1.29, 1.82) is 0 Å². The standard InChI is InChI=1S/C27H29N3/c1-3-9-21(10-4-1)24(22-11-5-2-6-12-22)20-29-26-27(15-17-28-18-16-27)19-23-13-7-8-14-25(23)30-26/h1-14,24,28H,15-20H2,(H,29,30). The summed E-state index contributed by atoms with van der Waals surface area (Å²) in [5, 5.41) is 7.27. The van der Waals surface area contributed by atoms with Crippen molar-refractivity contribution >= 4 is 11.5 Å². The number of hydrogen-bond donors (Lipinski definition) is 2. The fraction of sp³-hybridized carbons (Fsp3) is 0.296. The van der Waals surface area contributed by atoms with E-state index >= 15 is 0 Å². The number of hydrogen-bond acceptors (Lipinski definition) is 2. The molecule has 1 fully saturated rings. The predicted molar refractivity (Wildman–Crippen MR) is 125 cm³/mol. The van der Waals surface area contributed by atoms with Crippen LogP contribution in [0.3, 0.4) is 0 Å². The van der Waals surface area contributed by atoms with Crippen LogP contribution in [0.5, 0.6) is 0 Å². The summed E-state index contributed by atoms with van der Waals surface area (Å²) in [7, 11) is 0. The topological polar surface area (TPSA) is 36.4 Å². The molecule has 1 spiro atoms. The summed E-state index contributed by atoms with van der Waals surface area (Å²) in [6.45, 7) is 2.88. The Labute approximate surface area is 179 Å². The number of anilines is 1. The van der Waals surface area contributed by atoms with Gasteiger partial charge in [-0.25, -0.2) is 0 Å². The van der Waals surface area contributed by atoms with Gasteiger partial charge in [-0.3, -0.25) is 4.99 Å². The normalized spacial score (nSPS) is 18.9. The zero-order valence-electron chi connectivity index (χ0n) is 17.4. The number of rotatable bonds is 4. The zero-order valence-corrected chi connectivity index (χ0v) is 17.4. The van der Waals surface area contributed by atoms with Gasteiger partial charge in [0, 0.05) is 17.0 Å². The minimum Gasteiger partial charge on any atom is -0.343 e. The van der Waals surface area contributed by atoms with Crippen LogP contribution in [0.1, 0.15) is 35.4 Å². The third-order valence-electron chi connectivity index (χ3n) is 6.70. The average Bonchev–Trinajstić information content (AvgIpc) is 2.81. The van der Waals surface area contributed by atoms with E-state index in [1.807, 2.05) is 0 Å². The second-order valence-corrected chi connectivity index (χ2v) is 8.55. The fourth-order valence-electron chi connectivity index (χ4n) is 4.99. The SMILES string of the molecule is c1ccc(C(CN=C2Nc3ccccc3CC23CCNCC3)c2ccccc2)cc1. The first kappa shape index (κ1) is 19.1. The summed E-state index contributed by atoms with van der Waals surface area (Å²) in [5.74, 6) is 1.44. The Bertz CT molecular complexity index is 965. The van der Waals surface area contributed by atoms with Gasteiger partial charge >= 0.3 is 0 Å². The van der Waals surface area contributed by atoms with Gasteiger partial charge in [0.25, 0.3) is 0 Å². The Kier molecular flexibility index (Phi) is 5.37. The lowest BCUT2D eigenvalue weighted by atomic mass is 9.71. The van der Waals surface area contributed by atoms with Gasteiger partial charge in [-0.05, 0) is 55.1 Å². The lowest BCUT2D eigenvalue weighted by molar-refractivity contribution is 0.293. The number of fused-ring (bicyclic) bond motifs is 1. The van der Waals surface area contributed by atoms with Gasteiger partial charge in [-0.2, -0.15) is 0 Å². The van der Waals surface area contributed by atoms with Crippen LogP contribution < -0.4 is 10.6 Å². The van der Waals surface area contributed by atoms with Crippen molar-refractivity contribution in [2.24, 2.45) is 10.4 Å². The van der Waals surface area contributed by atoms with Crippen molar-refractivity contribution in [2.75, 3.05) is 25.0 Å². The Morgan fingerprint density at radius 2 is 1.37 bits per heavy atom. The molecule has 152 valence electrons. The number of piperidine rings is 1. The highest BCUT2D eigenvalue weighted by Gasteiger charge is 2.41. The molecule has 3 nitrogen and oxygen atoms in total. The first-order chi connectivity index (χ1) is 14.8. The zero-order chi connectivity index (χ0) is 20.2. The molecule has 0 aromatic heterocycles. The van der Waals surface area contributed by atoms with Crippen LogP contribution in [0.4, 0.5) is 5.69 Å². The van der Waals surface area contributed by atoms with Crippen LogP contribution in [-0.4, -0.2) is 25.5 Å². The first-order valence-corrected chi connectivity index (χ1v) is 11.0. The summed E-state index contributed by atoms with van der Waals surface area (Å²) in [6, 6.07) is 30.3. The third-order valence-corrected chi connectivity index (χ3v) is 6.70. The van der Waals surface area contributed by atoms with Crippen molar-refractivity contribution in [1.82, 2.24) is 5.32 Å². The highest BCUT2D eigenvalue weighted by atomic mass is 15.0. The van der Waals surface area contributed by atoms with Crippen molar-refractivity contribution < 1.29 is 0 Å². The van der Waals surface area contributed by atoms with E-state index in [9.17, 15) is 0 Å². The number of nitrogens with zero attached hydrogens (tertiary/aromatic N) is 1. The molecule has 0 atom stereocenters. The molecule has 2 aliphatic rings. The molecule has 2 aliphatic heterocycles. The van der Waals surface area contributed by atoms with E-state index in [0.717, 1.165) is 38.9 Å². The minimum atomic E-state index is 0.123. The molecule has 0 unspecified atom stereocenters. The van der Waals surface area contributed by atoms with Gasteiger partial charge in [-0.15, -0.1) is 0 Å². The van der Waals surface area contributed by atoms with E-state index in [-0.39, 0.29) is 11.3 Å². The van der Waals surface area contributed by atoms with E-state index in [4.69, 9.17) is 4.99 Å². The van der Waals surface area contributed by atoms with Crippen molar-refractivity contribution in [2.45, 2.75) is 25.2 Å². The highest BCUT2D eigenvalue weighted by Crippen LogP contribution is 2.41. The Hall–Kier alpha value is -2.91. The number of amidine groups is 1. The van der Waals surface area contributed by atoms with Crippen LogP contribution in [0.25, 0.3) is 0 Å². The summed E-state index contributed by atoms with van der Waals surface area (Å²) in [6.07, 6.45) is 3.35. The Morgan fingerprint density at radius 1 is 0.767 bits per heavy atom. The van der Waals surface area contributed by atoms with Gasteiger partial charge in [0.15, 0.2) is 0 Å². The monoisotopic (exact) mass is 395 g/mol. The number of para-hydroxylation sites is 1. The lowest BCUT2D eigenvalue weighted by Crippen LogP contribution is -2.48. The summed E-state index contributed by atoms with van der Waals surface area (Å²) in [4.78, 5) is 5.29. The minimum absolute atomic E-state index is 0.123. The number of aliphatic imine (C=N–C) groups is 1. The van der Waals surface area contributed by atoms with E-state index < -0.39 is 0 Å². The molecule has 1 saturated heterocycles. The van der Waals surface area contributed by atoms with Gasteiger partial charge in [0.2, 0.25) is 0 Å². The maximum absolute atomic E-state index is 5.29. The van der Waals surface area contributed by atoms with Crippen molar-refractivity contribution in [3.63, 3.8) is 0 Å². The molecule has 2 N–H and O–H groups in total. The Balaban J connectivity index is 1.51. The molecule has 0 amide bonds. The summed E-state index contributed by atoms with van der Waals surface area (Å²) < 4.78 is 0. The van der Waals surface area contributed by atoms with Crippen LogP contribution in [-0.2, 0) is 6.42 Å². The molecule has 3 aromatic rings. The largest absolute Gasteiger partial charge is 0.343 e. The highest BCUT2D eigenvalue weighted by molar-refractivity contribution is 6.02. The summed E-state index contributed by atoms with van der Waals surface area (Å²) in [5.41, 5.74) is 5.40. The Morgan fingerprint density at radius 3 is 2.03 bits per heavy atom. The van der Waals surface area contributed by atoms with Crippen LogP contribution >= 0.6 is 0 Å².